The van der Waals surface area contributed by atoms with E-state index in [1.165, 1.54) is 82.4 Å². The fourth-order valence-electron chi connectivity index (χ4n) is 5.87. The van der Waals surface area contributed by atoms with Gasteiger partial charge in [-0.2, -0.15) is 0 Å². The third-order valence-corrected chi connectivity index (χ3v) is 8.59. The average molecular weight is 552 g/mol. The molecule has 0 fully saturated rings. The van der Waals surface area contributed by atoms with E-state index in [9.17, 15) is 0 Å². The molecule has 0 nitrogen and oxygen atoms in total. The van der Waals surface area contributed by atoms with Crippen molar-refractivity contribution in [3.05, 3.63) is 130 Å². The summed E-state index contributed by atoms with van der Waals surface area (Å²) < 4.78 is 1.13. The van der Waals surface area contributed by atoms with E-state index in [0.717, 1.165) is 4.47 Å². The van der Waals surface area contributed by atoms with Gasteiger partial charge in [-0.3, -0.25) is 0 Å². The molecule has 0 aliphatic heterocycles. The Bertz CT molecular complexity index is 1890. The van der Waals surface area contributed by atoms with E-state index in [0.29, 0.717) is 0 Å². The van der Waals surface area contributed by atoms with Gasteiger partial charge in [0.15, 0.2) is 0 Å². The maximum atomic E-state index is 3.95. The molecule has 0 heterocycles. The minimum atomic E-state index is 1.13. The average Bonchev–Trinajstić information content (AvgIpc) is 2.94. The Morgan fingerprint density at radius 1 is 0.368 bits per heavy atom. The molecule has 7 aromatic carbocycles. The van der Waals surface area contributed by atoms with Crippen molar-refractivity contribution in [3.8, 4) is 33.4 Å². The molecule has 7 aromatic rings. The minimum absolute atomic E-state index is 1.13. The predicted octanol–water partition coefficient (Wildman–Crippen LogP) is 11.3. The highest BCUT2D eigenvalue weighted by atomic mass is 79.9. The molecule has 1 heteroatoms. The van der Waals surface area contributed by atoms with Gasteiger partial charge in [-0.05, 0) is 98.6 Å². The van der Waals surface area contributed by atoms with Crippen molar-refractivity contribution < 1.29 is 0 Å². The van der Waals surface area contributed by atoms with Crippen LogP contribution in [0.5, 0.6) is 0 Å². The first kappa shape index (κ1) is 23.2. The van der Waals surface area contributed by atoms with E-state index in [1.807, 2.05) is 0 Å². The summed E-state index contributed by atoms with van der Waals surface area (Å²) in [5.74, 6) is 0. The van der Waals surface area contributed by atoms with Crippen LogP contribution >= 0.6 is 15.9 Å². The molecular formula is C37H27Br. The lowest BCUT2D eigenvalue weighted by Gasteiger charge is -2.20. The molecule has 0 unspecified atom stereocenters. The number of rotatable bonds is 3. The molecular weight excluding hydrogens is 524 g/mol. The Hall–Kier alpha value is -3.94. The van der Waals surface area contributed by atoms with Gasteiger partial charge in [-0.1, -0.05) is 130 Å². The van der Waals surface area contributed by atoms with Gasteiger partial charge < -0.3 is 0 Å². The molecule has 0 aliphatic rings. The van der Waals surface area contributed by atoms with Crippen LogP contribution in [0.1, 0.15) is 16.7 Å². The van der Waals surface area contributed by atoms with Crippen LogP contribution in [0.3, 0.4) is 0 Å². The minimum Gasteiger partial charge on any atom is -0.0587 e. The molecule has 0 N–H and O–H groups in total. The number of aryl methyl sites for hydroxylation is 3. The molecule has 0 atom stereocenters. The molecule has 0 bridgehead atoms. The third-order valence-electron chi connectivity index (χ3n) is 7.94. The molecule has 0 amide bonds. The topological polar surface area (TPSA) is 0 Å². The lowest BCUT2D eigenvalue weighted by molar-refractivity contribution is 1.47. The van der Waals surface area contributed by atoms with Crippen LogP contribution in [0.2, 0.25) is 0 Å². The Morgan fingerprint density at radius 3 is 1.08 bits per heavy atom. The summed E-state index contributed by atoms with van der Waals surface area (Å²) in [5, 5.41) is 7.80. The normalized spacial score (nSPS) is 11.7. The summed E-state index contributed by atoms with van der Waals surface area (Å²) in [6.07, 6.45) is 0. The SMILES string of the molecule is Cc1ccc(-c2cc(Br)c3ccc4c(-c5ccc(C)cc5)cc(-c5ccc(C)cc5)c5ccc2c3c45)cc1. The summed E-state index contributed by atoms with van der Waals surface area (Å²) in [5.41, 5.74) is 11.4. The molecule has 38 heavy (non-hydrogen) atoms. The van der Waals surface area contributed by atoms with Gasteiger partial charge in [0.2, 0.25) is 0 Å². The van der Waals surface area contributed by atoms with Crippen LogP contribution in [-0.4, -0.2) is 0 Å². The summed E-state index contributed by atoms with van der Waals surface area (Å²) in [4.78, 5) is 0. The van der Waals surface area contributed by atoms with Crippen molar-refractivity contribution in [1.82, 2.24) is 0 Å². The monoisotopic (exact) mass is 550 g/mol. The fraction of sp³-hybridized carbons (Fsp3) is 0.0811. The highest BCUT2D eigenvalue weighted by Crippen LogP contribution is 2.47. The first-order chi connectivity index (χ1) is 18.5. The van der Waals surface area contributed by atoms with Crippen LogP contribution in [0, 0.1) is 20.8 Å². The highest BCUT2D eigenvalue weighted by molar-refractivity contribution is 9.10. The maximum Gasteiger partial charge on any atom is 0.0260 e. The molecule has 0 saturated carbocycles. The number of hydrogen-bond donors (Lipinski definition) is 0. The third kappa shape index (κ3) is 3.65. The number of halogens is 1. The van der Waals surface area contributed by atoms with E-state index >= 15 is 0 Å². The van der Waals surface area contributed by atoms with Crippen LogP contribution in [-0.2, 0) is 0 Å². The summed E-state index contributed by atoms with van der Waals surface area (Å²) >= 11 is 3.95. The van der Waals surface area contributed by atoms with Crippen LogP contribution < -0.4 is 0 Å². The van der Waals surface area contributed by atoms with Gasteiger partial charge in [-0.25, -0.2) is 0 Å². The van der Waals surface area contributed by atoms with Gasteiger partial charge >= 0.3 is 0 Å². The number of benzene rings is 7. The largest absolute Gasteiger partial charge is 0.0587 e. The Balaban J connectivity index is 1.65. The molecule has 0 saturated heterocycles. The highest BCUT2D eigenvalue weighted by Gasteiger charge is 2.19. The smallest absolute Gasteiger partial charge is 0.0260 e. The van der Waals surface area contributed by atoms with Crippen molar-refractivity contribution in [3.63, 3.8) is 0 Å². The summed E-state index contributed by atoms with van der Waals surface area (Å²) in [7, 11) is 0. The second-order valence-corrected chi connectivity index (χ2v) is 11.4. The molecule has 0 radical (unpaired) electrons. The lowest BCUT2D eigenvalue weighted by atomic mass is 9.84. The zero-order valence-electron chi connectivity index (χ0n) is 21.8. The van der Waals surface area contributed by atoms with Crippen molar-refractivity contribution >= 4 is 48.2 Å². The number of hydrogen-bond acceptors (Lipinski definition) is 0. The van der Waals surface area contributed by atoms with Crippen molar-refractivity contribution in [2.75, 3.05) is 0 Å². The van der Waals surface area contributed by atoms with Gasteiger partial charge in [0.1, 0.15) is 0 Å². The Labute approximate surface area is 232 Å². The van der Waals surface area contributed by atoms with E-state index in [-0.39, 0.29) is 0 Å². The van der Waals surface area contributed by atoms with Gasteiger partial charge in [0.05, 0.1) is 0 Å². The first-order valence-electron chi connectivity index (χ1n) is 13.1. The van der Waals surface area contributed by atoms with E-state index in [1.54, 1.807) is 0 Å². The van der Waals surface area contributed by atoms with E-state index < -0.39 is 0 Å². The van der Waals surface area contributed by atoms with E-state index in [4.69, 9.17) is 0 Å². The fourth-order valence-corrected chi connectivity index (χ4v) is 6.43. The molecule has 7 rings (SSSR count). The Morgan fingerprint density at radius 2 is 0.684 bits per heavy atom. The quantitative estimate of drug-likeness (QED) is 0.192. The van der Waals surface area contributed by atoms with Crippen LogP contribution in [0.15, 0.2) is 114 Å². The van der Waals surface area contributed by atoms with Crippen molar-refractivity contribution in [2.24, 2.45) is 0 Å². The maximum absolute atomic E-state index is 3.95. The van der Waals surface area contributed by atoms with Gasteiger partial charge in [0, 0.05) is 4.47 Å². The van der Waals surface area contributed by atoms with Crippen molar-refractivity contribution in [2.45, 2.75) is 20.8 Å². The van der Waals surface area contributed by atoms with Gasteiger partial charge in [0.25, 0.3) is 0 Å². The molecule has 182 valence electrons. The van der Waals surface area contributed by atoms with Gasteiger partial charge in [-0.15, -0.1) is 0 Å². The standard InChI is InChI=1S/C37H27Br/c1-22-4-10-25(11-5-22)32-20-33(26-12-6-23(2)7-13-26)29-18-19-31-35(38)21-34(27-14-8-24(3)9-15-27)30-17-16-28(32)36(29)37(30)31/h4-21H,1-3H3. The van der Waals surface area contributed by atoms with Crippen LogP contribution in [0.4, 0.5) is 0 Å². The molecule has 0 aliphatic carbocycles. The molecule has 0 aromatic heterocycles. The second-order valence-electron chi connectivity index (χ2n) is 10.5. The molecule has 0 spiro atoms. The predicted molar refractivity (Wildman–Crippen MR) is 168 cm³/mol. The zero-order valence-corrected chi connectivity index (χ0v) is 23.4. The summed E-state index contributed by atoms with van der Waals surface area (Å²) in [6, 6.07) is 40.7. The second kappa shape index (κ2) is 8.82. The van der Waals surface area contributed by atoms with E-state index in [2.05, 4.69) is 146 Å². The summed E-state index contributed by atoms with van der Waals surface area (Å²) in [6.45, 7) is 6.44. The lowest BCUT2D eigenvalue weighted by Crippen LogP contribution is -1.93. The first-order valence-corrected chi connectivity index (χ1v) is 13.9. The Kier molecular flexibility index (Phi) is 5.39. The van der Waals surface area contributed by atoms with Crippen molar-refractivity contribution in [1.29, 1.82) is 0 Å². The zero-order chi connectivity index (χ0) is 26.0. The van der Waals surface area contributed by atoms with Crippen LogP contribution in [0.25, 0.3) is 65.7 Å².